The van der Waals surface area contributed by atoms with Crippen molar-refractivity contribution in [2.24, 2.45) is 0 Å². The highest BCUT2D eigenvalue weighted by Crippen LogP contribution is 2.32. The van der Waals surface area contributed by atoms with Crippen LogP contribution in [0.15, 0.2) is 10.7 Å². The van der Waals surface area contributed by atoms with Crippen LogP contribution in [0, 0.1) is 0 Å². The molecule has 2 heterocycles. The molecule has 1 fully saturated rings. The van der Waals surface area contributed by atoms with E-state index in [2.05, 4.69) is 20.3 Å². The first-order chi connectivity index (χ1) is 9.80. The molecule has 1 saturated carbocycles. The van der Waals surface area contributed by atoms with E-state index in [4.69, 9.17) is 4.74 Å². The number of nitrogens with one attached hydrogen (secondary N) is 1. The lowest BCUT2D eigenvalue weighted by molar-refractivity contribution is 0.0669. The second-order valence-electron chi connectivity index (χ2n) is 4.92. The third-order valence-corrected chi connectivity index (χ3v) is 5.68. The molecule has 20 heavy (non-hydrogen) atoms. The fourth-order valence-electron chi connectivity index (χ4n) is 2.61. The third-order valence-electron chi connectivity index (χ3n) is 3.65. The summed E-state index contributed by atoms with van der Waals surface area (Å²) in [6.45, 7) is 0. The van der Waals surface area contributed by atoms with Crippen molar-refractivity contribution in [3.63, 3.8) is 0 Å². The standard InChI is InChI=1S/C13H18N4OS2/c1-18-9-5-3-4-8(6-9)16-11-10-12(15-7-14-11)17-13(19-2)20-10/h7-9H,3-6H2,1-2H3,(H,14,15,16). The Labute approximate surface area is 126 Å². The van der Waals surface area contributed by atoms with Gasteiger partial charge < -0.3 is 10.1 Å². The van der Waals surface area contributed by atoms with E-state index in [1.54, 1.807) is 36.5 Å². The number of thiazole rings is 1. The zero-order valence-corrected chi connectivity index (χ0v) is 13.3. The minimum Gasteiger partial charge on any atom is -0.381 e. The Bertz CT molecular complexity index is 589. The molecule has 5 nitrogen and oxygen atoms in total. The van der Waals surface area contributed by atoms with Crippen LogP contribution >= 0.6 is 23.1 Å². The van der Waals surface area contributed by atoms with Crippen molar-refractivity contribution in [2.75, 3.05) is 18.7 Å². The zero-order chi connectivity index (χ0) is 13.9. The molecule has 2 unspecified atom stereocenters. The minimum atomic E-state index is 0.363. The van der Waals surface area contributed by atoms with Crippen LogP contribution < -0.4 is 5.32 Å². The molecular formula is C13H18N4OS2. The topological polar surface area (TPSA) is 59.9 Å². The van der Waals surface area contributed by atoms with Gasteiger partial charge in [0.25, 0.3) is 0 Å². The highest BCUT2D eigenvalue weighted by molar-refractivity contribution is 8.00. The van der Waals surface area contributed by atoms with E-state index < -0.39 is 0 Å². The number of hydrogen-bond donors (Lipinski definition) is 1. The summed E-state index contributed by atoms with van der Waals surface area (Å²) < 4.78 is 7.56. The smallest absolute Gasteiger partial charge is 0.176 e. The second-order valence-corrected chi connectivity index (χ2v) is 6.98. The number of anilines is 1. The van der Waals surface area contributed by atoms with Gasteiger partial charge in [-0.3, -0.25) is 0 Å². The van der Waals surface area contributed by atoms with Crippen LogP contribution in [0.5, 0.6) is 0 Å². The summed E-state index contributed by atoms with van der Waals surface area (Å²) in [5, 5.41) is 3.56. The fourth-order valence-corrected chi connectivity index (χ4v) is 4.07. The average molecular weight is 310 g/mol. The first-order valence-electron chi connectivity index (χ1n) is 6.75. The van der Waals surface area contributed by atoms with Crippen LogP contribution in [0.3, 0.4) is 0 Å². The van der Waals surface area contributed by atoms with Gasteiger partial charge in [0.2, 0.25) is 0 Å². The number of fused-ring (bicyclic) bond motifs is 1. The van der Waals surface area contributed by atoms with E-state index in [0.29, 0.717) is 12.1 Å². The van der Waals surface area contributed by atoms with Crippen molar-refractivity contribution in [3.8, 4) is 0 Å². The number of methoxy groups -OCH3 is 1. The third kappa shape index (κ3) is 2.89. The van der Waals surface area contributed by atoms with Crippen molar-refractivity contribution in [1.29, 1.82) is 0 Å². The van der Waals surface area contributed by atoms with Gasteiger partial charge in [-0.25, -0.2) is 15.0 Å². The highest BCUT2D eigenvalue weighted by Gasteiger charge is 2.23. The summed E-state index contributed by atoms with van der Waals surface area (Å²) in [7, 11) is 1.80. The van der Waals surface area contributed by atoms with E-state index in [0.717, 1.165) is 33.3 Å². The molecule has 1 aliphatic rings. The highest BCUT2D eigenvalue weighted by atomic mass is 32.2. The molecular weight excluding hydrogens is 292 g/mol. The van der Waals surface area contributed by atoms with Gasteiger partial charge >= 0.3 is 0 Å². The molecule has 2 aromatic rings. The molecule has 2 atom stereocenters. The molecule has 0 spiro atoms. The normalized spacial score (nSPS) is 23.1. The van der Waals surface area contributed by atoms with Crippen molar-refractivity contribution in [3.05, 3.63) is 6.33 Å². The molecule has 0 aliphatic heterocycles. The predicted octanol–water partition coefficient (Wildman–Crippen LogP) is 3.18. The molecule has 0 saturated heterocycles. The monoisotopic (exact) mass is 310 g/mol. The van der Waals surface area contributed by atoms with Crippen LogP contribution in [-0.4, -0.2) is 40.5 Å². The van der Waals surface area contributed by atoms with Crippen LogP contribution in [0.25, 0.3) is 10.3 Å². The molecule has 1 N–H and O–H groups in total. The molecule has 0 aromatic carbocycles. The summed E-state index contributed by atoms with van der Waals surface area (Å²) in [6, 6.07) is 0.423. The lowest BCUT2D eigenvalue weighted by Crippen LogP contribution is -2.31. The first-order valence-corrected chi connectivity index (χ1v) is 8.79. The summed E-state index contributed by atoms with van der Waals surface area (Å²) >= 11 is 3.30. The van der Waals surface area contributed by atoms with Crippen molar-refractivity contribution in [1.82, 2.24) is 15.0 Å². The zero-order valence-electron chi connectivity index (χ0n) is 11.6. The largest absolute Gasteiger partial charge is 0.381 e. The van der Waals surface area contributed by atoms with Crippen LogP contribution in [0.1, 0.15) is 25.7 Å². The summed E-state index contributed by atoms with van der Waals surface area (Å²) in [5.74, 6) is 0.912. The van der Waals surface area contributed by atoms with Crippen LogP contribution in [-0.2, 0) is 4.74 Å². The van der Waals surface area contributed by atoms with Gasteiger partial charge in [0, 0.05) is 13.2 Å². The average Bonchev–Trinajstić information content (AvgIpc) is 2.92. The molecule has 2 aromatic heterocycles. The van der Waals surface area contributed by atoms with Gasteiger partial charge in [0.15, 0.2) is 9.99 Å². The minimum absolute atomic E-state index is 0.363. The first kappa shape index (κ1) is 14.0. The quantitative estimate of drug-likeness (QED) is 0.875. The van der Waals surface area contributed by atoms with E-state index >= 15 is 0 Å². The Hall–Kier alpha value is -0.920. The van der Waals surface area contributed by atoms with Crippen LogP contribution in [0.2, 0.25) is 0 Å². The number of hydrogen-bond acceptors (Lipinski definition) is 7. The van der Waals surface area contributed by atoms with Gasteiger partial charge in [-0.05, 0) is 31.9 Å². The van der Waals surface area contributed by atoms with E-state index in [9.17, 15) is 0 Å². The maximum absolute atomic E-state index is 5.48. The SMILES string of the molecule is COC1CCCC(Nc2ncnc3nc(SC)sc23)C1. The van der Waals surface area contributed by atoms with Crippen LogP contribution in [0.4, 0.5) is 5.82 Å². The van der Waals surface area contributed by atoms with E-state index in [-0.39, 0.29) is 0 Å². The Morgan fingerprint density at radius 2 is 2.30 bits per heavy atom. The van der Waals surface area contributed by atoms with Crippen molar-refractivity contribution < 1.29 is 4.74 Å². The van der Waals surface area contributed by atoms with Gasteiger partial charge in [-0.2, -0.15) is 0 Å². The number of ether oxygens (including phenoxy) is 1. The van der Waals surface area contributed by atoms with E-state index in [1.165, 1.54) is 12.8 Å². The lowest BCUT2D eigenvalue weighted by Gasteiger charge is -2.29. The Morgan fingerprint density at radius 3 is 3.10 bits per heavy atom. The molecule has 108 valence electrons. The maximum Gasteiger partial charge on any atom is 0.176 e. The Kier molecular flexibility index (Phi) is 4.38. The molecule has 1 aliphatic carbocycles. The number of rotatable bonds is 4. The number of aromatic nitrogens is 3. The Balaban J connectivity index is 1.81. The number of nitrogens with zero attached hydrogens (tertiary/aromatic N) is 3. The molecule has 0 bridgehead atoms. The lowest BCUT2D eigenvalue weighted by atomic mass is 9.93. The number of thioether (sulfide) groups is 1. The van der Waals surface area contributed by atoms with Gasteiger partial charge in [-0.1, -0.05) is 11.8 Å². The molecule has 0 radical (unpaired) electrons. The second kappa shape index (κ2) is 6.24. The van der Waals surface area contributed by atoms with Gasteiger partial charge in [0.05, 0.1) is 6.10 Å². The summed E-state index contributed by atoms with van der Waals surface area (Å²) in [6.07, 6.45) is 8.54. The Morgan fingerprint density at radius 1 is 1.40 bits per heavy atom. The maximum atomic E-state index is 5.48. The molecule has 7 heteroatoms. The molecule has 3 rings (SSSR count). The van der Waals surface area contributed by atoms with Crippen molar-refractivity contribution in [2.45, 2.75) is 42.2 Å². The van der Waals surface area contributed by atoms with Crippen molar-refractivity contribution >= 4 is 39.3 Å². The molecule has 0 amide bonds. The van der Waals surface area contributed by atoms with E-state index in [1.807, 2.05) is 6.26 Å². The predicted molar refractivity (Wildman–Crippen MR) is 83.7 cm³/mol. The summed E-state index contributed by atoms with van der Waals surface area (Å²) in [4.78, 5) is 13.1. The van der Waals surface area contributed by atoms with Gasteiger partial charge in [0.1, 0.15) is 16.8 Å². The van der Waals surface area contributed by atoms with Gasteiger partial charge in [-0.15, -0.1) is 11.3 Å². The summed E-state index contributed by atoms with van der Waals surface area (Å²) in [5.41, 5.74) is 0.788. The fraction of sp³-hybridized carbons (Fsp3) is 0.615.